The molecule has 148 valence electrons. The monoisotopic (exact) mass is 380 g/mol. The molecule has 0 aromatic heterocycles. The van der Waals surface area contributed by atoms with Gasteiger partial charge in [0.1, 0.15) is 5.60 Å². The molecule has 1 aliphatic carbocycles. The summed E-state index contributed by atoms with van der Waals surface area (Å²) in [5.74, 6) is -0.327. The predicted octanol–water partition coefficient (Wildman–Crippen LogP) is 4.10. The zero-order chi connectivity index (χ0) is 20.3. The number of hydrogen-bond donors (Lipinski definition) is 2. The molecule has 0 spiro atoms. The van der Waals surface area contributed by atoms with Crippen LogP contribution in [0, 0.1) is 0 Å². The quantitative estimate of drug-likeness (QED) is 0.839. The van der Waals surface area contributed by atoms with E-state index in [9.17, 15) is 9.59 Å². The summed E-state index contributed by atoms with van der Waals surface area (Å²) in [6, 6.07) is 17.1. The van der Waals surface area contributed by atoms with E-state index in [1.807, 2.05) is 82.3 Å². The minimum atomic E-state index is -0.581. The zero-order valence-electron chi connectivity index (χ0n) is 16.9. The van der Waals surface area contributed by atoms with Gasteiger partial charge < -0.3 is 15.4 Å². The first-order valence-corrected chi connectivity index (χ1v) is 9.67. The topological polar surface area (TPSA) is 67.4 Å². The predicted molar refractivity (Wildman–Crippen MR) is 109 cm³/mol. The van der Waals surface area contributed by atoms with Crippen LogP contribution in [-0.2, 0) is 16.0 Å². The van der Waals surface area contributed by atoms with Crippen molar-refractivity contribution in [2.45, 2.75) is 57.7 Å². The van der Waals surface area contributed by atoms with E-state index in [0.29, 0.717) is 6.42 Å². The molecular weight excluding hydrogens is 352 g/mol. The summed E-state index contributed by atoms with van der Waals surface area (Å²) in [4.78, 5) is 25.2. The molecule has 0 radical (unpaired) electrons. The Kier molecular flexibility index (Phi) is 5.73. The van der Waals surface area contributed by atoms with E-state index in [1.54, 1.807) is 0 Å². The highest BCUT2D eigenvalue weighted by Crippen LogP contribution is 2.32. The molecule has 0 saturated carbocycles. The molecule has 0 unspecified atom stereocenters. The van der Waals surface area contributed by atoms with Gasteiger partial charge in [0.05, 0.1) is 18.0 Å². The van der Waals surface area contributed by atoms with Crippen molar-refractivity contribution in [1.82, 2.24) is 10.6 Å². The Balaban J connectivity index is 1.75. The molecule has 0 fully saturated rings. The van der Waals surface area contributed by atoms with Crippen molar-refractivity contribution in [3.8, 4) is 0 Å². The van der Waals surface area contributed by atoms with Crippen LogP contribution in [0.4, 0.5) is 4.79 Å². The van der Waals surface area contributed by atoms with E-state index >= 15 is 0 Å². The van der Waals surface area contributed by atoms with E-state index in [2.05, 4.69) is 10.6 Å². The zero-order valence-corrected chi connectivity index (χ0v) is 16.9. The van der Waals surface area contributed by atoms with Gasteiger partial charge in [-0.1, -0.05) is 54.6 Å². The number of carbonyl (C=O) groups is 2. The summed E-state index contributed by atoms with van der Waals surface area (Å²) < 4.78 is 5.42. The van der Waals surface area contributed by atoms with Crippen LogP contribution in [0.25, 0.3) is 0 Å². The van der Waals surface area contributed by atoms with Gasteiger partial charge in [0.25, 0.3) is 0 Å². The van der Waals surface area contributed by atoms with Gasteiger partial charge in [-0.05, 0) is 50.8 Å². The van der Waals surface area contributed by atoms with E-state index in [-0.39, 0.29) is 23.9 Å². The van der Waals surface area contributed by atoms with Crippen LogP contribution in [0.5, 0.6) is 0 Å². The lowest BCUT2D eigenvalue weighted by Gasteiger charge is -2.26. The molecule has 5 heteroatoms. The lowest BCUT2D eigenvalue weighted by atomic mass is 9.99. The summed E-state index contributed by atoms with van der Waals surface area (Å²) in [5, 5.41) is 6.08. The maximum Gasteiger partial charge on any atom is 0.408 e. The first kappa shape index (κ1) is 19.9. The van der Waals surface area contributed by atoms with Crippen molar-refractivity contribution in [3.63, 3.8) is 0 Å². The van der Waals surface area contributed by atoms with Crippen LogP contribution in [0.3, 0.4) is 0 Å². The van der Waals surface area contributed by atoms with Crippen LogP contribution in [0.1, 0.15) is 56.3 Å². The van der Waals surface area contributed by atoms with Crippen LogP contribution in [-0.4, -0.2) is 23.6 Å². The third kappa shape index (κ3) is 4.71. The molecule has 3 atom stereocenters. The first-order valence-electron chi connectivity index (χ1n) is 9.67. The second kappa shape index (κ2) is 8.05. The number of alkyl carbamates (subject to hydrolysis) is 1. The summed E-state index contributed by atoms with van der Waals surface area (Å²) in [6.45, 7) is 7.38. The third-order valence-electron chi connectivity index (χ3n) is 4.93. The maximum atomic E-state index is 12.9. The number of ether oxygens (including phenoxy) is 1. The second-order valence-electron chi connectivity index (χ2n) is 8.27. The number of nitrogens with one attached hydrogen (secondary N) is 2. The third-order valence-corrected chi connectivity index (χ3v) is 4.93. The molecule has 3 rings (SSSR count). The molecule has 2 aromatic carbocycles. The lowest BCUT2D eigenvalue weighted by molar-refractivity contribution is -0.123. The summed E-state index contributed by atoms with van der Waals surface area (Å²) in [5.41, 5.74) is 2.53. The van der Waals surface area contributed by atoms with Crippen molar-refractivity contribution in [1.29, 1.82) is 0 Å². The van der Waals surface area contributed by atoms with Gasteiger partial charge in [-0.25, -0.2) is 4.79 Å². The highest BCUT2D eigenvalue weighted by atomic mass is 16.6. The van der Waals surface area contributed by atoms with Crippen molar-refractivity contribution in [2.75, 3.05) is 0 Å². The fraction of sp³-hybridized carbons (Fsp3) is 0.391. The van der Waals surface area contributed by atoms with Gasteiger partial charge in [0, 0.05) is 0 Å². The summed E-state index contributed by atoms with van der Waals surface area (Å²) in [7, 11) is 0. The van der Waals surface area contributed by atoms with Gasteiger partial charge >= 0.3 is 6.09 Å². The van der Waals surface area contributed by atoms with Crippen LogP contribution in [0.2, 0.25) is 0 Å². The molecule has 5 nitrogen and oxygen atoms in total. The van der Waals surface area contributed by atoms with Gasteiger partial charge in [0.2, 0.25) is 5.91 Å². The Morgan fingerprint density at radius 3 is 2.32 bits per heavy atom. The first-order chi connectivity index (χ1) is 13.2. The average Bonchev–Trinajstić information content (AvgIpc) is 2.97. The Morgan fingerprint density at radius 2 is 1.64 bits per heavy atom. The van der Waals surface area contributed by atoms with Gasteiger partial charge in [0.15, 0.2) is 0 Å². The van der Waals surface area contributed by atoms with Crippen molar-refractivity contribution >= 4 is 12.0 Å². The van der Waals surface area contributed by atoms with E-state index in [4.69, 9.17) is 4.74 Å². The smallest absolute Gasteiger partial charge is 0.408 e. The van der Waals surface area contributed by atoms with Crippen molar-refractivity contribution < 1.29 is 14.3 Å². The number of carbonyl (C=O) groups excluding carboxylic acids is 2. The van der Waals surface area contributed by atoms with Crippen molar-refractivity contribution in [3.05, 3.63) is 71.3 Å². The fourth-order valence-corrected chi connectivity index (χ4v) is 3.54. The van der Waals surface area contributed by atoms with E-state index < -0.39 is 11.7 Å². The Bertz CT molecular complexity index is 842. The van der Waals surface area contributed by atoms with Crippen LogP contribution >= 0.6 is 0 Å². The number of amides is 2. The Morgan fingerprint density at radius 1 is 1.00 bits per heavy atom. The molecule has 0 saturated heterocycles. The van der Waals surface area contributed by atoms with Crippen LogP contribution in [0.15, 0.2) is 54.6 Å². The summed E-state index contributed by atoms with van der Waals surface area (Å²) in [6.07, 6.45) is 0.189. The minimum Gasteiger partial charge on any atom is -0.444 e. The van der Waals surface area contributed by atoms with Crippen LogP contribution < -0.4 is 10.6 Å². The molecule has 2 aromatic rings. The highest BCUT2D eigenvalue weighted by Gasteiger charge is 2.36. The largest absolute Gasteiger partial charge is 0.444 e. The Hall–Kier alpha value is -2.82. The van der Waals surface area contributed by atoms with Crippen molar-refractivity contribution in [2.24, 2.45) is 0 Å². The lowest BCUT2D eigenvalue weighted by Crippen LogP contribution is -2.46. The fourth-order valence-electron chi connectivity index (χ4n) is 3.54. The SMILES string of the molecule is C[C@H](C(=O)N[C@@H]1Cc2ccccc2[C@H]1NC(=O)OC(C)(C)C)c1ccccc1. The van der Waals surface area contributed by atoms with Gasteiger partial charge in [-0.2, -0.15) is 0 Å². The number of fused-ring (bicyclic) bond motifs is 1. The molecule has 2 amide bonds. The molecule has 28 heavy (non-hydrogen) atoms. The maximum absolute atomic E-state index is 12.9. The normalized spacial score (nSPS) is 19.4. The number of rotatable bonds is 4. The molecule has 0 bridgehead atoms. The second-order valence-corrected chi connectivity index (χ2v) is 8.27. The standard InChI is InChI=1S/C23H28N2O3/c1-15(16-10-6-5-7-11-16)21(26)24-19-14-17-12-8-9-13-18(17)20(19)25-22(27)28-23(2,3)4/h5-13,15,19-20H,14H2,1-4H3,(H,24,26)(H,25,27)/t15-,19+,20+/m0/s1. The van der Waals surface area contributed by atoms with Gasteiger partial charge in [-0.3, -0.25) is 4.79 Å². The molecule has 0 heterocycles. The van der Waals surface area contributed by atoms with Gasteiger partial charge in [-0.15, -0.1) is 0 Å². The molecule has 1 aliphatic rings. The minimum absolute atomic E-state index is 0.0556. The van der Waals surface area contributed by atoms with E-state index in [0.717, 1.165) is 16.7 Å². The molecule has 2 N–H and O–H groups in total. The molecular formula is C23H28N2O3. The Labute approximate surface area is 166 Å². The van der Waals surface area contributed by atoms with E-state index in [1.165, 1.54) is 0 Å². The summed E-state index contributed by atoms with van der Waals surface area (Å²) >= 11 is 0. The number of benzene rings is 2. The number of hydrogen-bond acceptors (Lipinski definition) is 3. The molecule has 0 aliphatic heterocycles. The highest BCUT2D eigenvalue weighted by molar-refractivity contribution is 5.83. The average molecular weight is 380 g/mol.